The second kappa shape index (κ2) is 14.6. The van der Waals surface area contributed by atoms with E-state index in [1.54, 1.807) is 25.7 Å². The van der Waals surface area contributed by atoms with Crippen molar-refractivity contribution in [1.82, 2.24) is 0 Å². The lowest BCUT2D eigenvalue weighted by Gasteiger charge is -2.37. The van der Waals surface area contributed by atoms with E-state index in [1.165, 1.54) is 103 Å². The number of unbranched alkanes of at least 4 members (excludes halogenated alkanes) is 2. The smallest absolute Gasteiger partial charge is 0.0233 e. The van der Waals surface area contributed by atoms with Crippen molar-refractivity contribution in [3.63, 3.8) is 0 Å². The van der Waals surface area contributed by atoms with Gasteiger partial charge in [-0.1, -0.05) is 89.4 Å². The van der Waals surface area contributed by atoms with E-state index in [2.05, 4.69) is 31.7 Å². The Balaban J connectivity index is 1.23. The first-order valence-electron chi connectivity index (χ1n) is 14.6. The highest BCUT2D eigenvalue weighted by Gasteiger charge is 2.30. The quantitative estimate of drug-likeness (QED) is 0.215. The second-order valence-electron chi connectivity index (χ2n) is 11.7. The van der Waals surface area contributed by atoms with E-state index in [0.29, 0.717) is 0 Å². The van der Waals surface area contributed by atoms with Gasteiger partial charge in [-0.15, -0.1) is 6.58 Å². The van der Waals surface area contributed by atoms with Gasteiger partial charge in [0.25, 0.3) is 0 Å². The molecule has 0 nitrogen and oxygen atoms in total. The Kier molecular flexibility index (Phi) is 11.8. The van der Waals surface area contributed by atoms with Crippen LogP contribution in [0.25, 0.3) is 0 Å². The van der Waals surface area contributed by atoms with E-state index in [1.807, 2.05) is 0 Å². The maximum absolute atomic E-state index is 3.88. The van der Waals surface area contributed by atoms with Crippen molar-refractivity contribution in [2.45, 2.75) is 135 Å². The average molecular weight is 427 g/mol. The van der Waals surface area contributed by atoms with E-state index < -0.39 is 0 Å². The summed E-state index contributed by atoms with van der Waals surface area (Å²) in [5, 5.41) is 0. The van der Waals surface area contributed by atoms with Crippen LogP contribution in [0.15, 0.2) is 24.8 Å². The highest BCUT2D eigenvalue weighted by atomic mass is 14.4. The summed E-state index contributed by atoms with van der Waals surface area (Å²) in [6.45, 7) is 6.22. The lowest BCUT2D eigenvalue weighted by atomic mass is 9.68. The molecule has 0 atom stereocenters. The van der Waals surface area contributed by atoms with Gasteiger partial charge in [-0.3, -0.25) is 0 Å². The molecule has 3 rings (SSSR count). The van der Waals surface area contributed by atoms with Gasteiger partial charge < -0.3 is 0 Å². The van der Waals surface area contributed by atoms with E-state index in [-0.39, 0.29) is 0 Å². The van der Waals surface area contributed by atoms with E-state index in [9.17, 15) is 0 Å². The SMILES string of the molecule is C=CCC[C@H]1CC[C@H](CCC=C[C@H]2CC[C@H]([C@H]3CC[C@H](CCCCC)CC3)CC2)CC1. The van der Waals surface area contributed by atoms with E-state index in [0.717, 1.165) is 35.5 Å². The Morgan fingerprint density at radius 3 is 1.71 bits per heavy atom. The molecule has 178 valence electrons. The van der Waals surface area contributed by atoms with Crippen LogP contribution >= 0.6 is 0 Å². The monoisotopic (exact) mass is 426 g/mol. The molecule has 0 unspecified atom stereocenters. The summed E-state index contributed by atoms with van der Waals surface area (Å²) in [6, 6.07) is 0. The third kappa shape index (κ3) is 9.09. The molecule has 31 heavy (non-hydrogen) atoms. The molecule has 0 bridgehead atoms. The van der Waals surface area contributed by atoms with Crippen molar-refractivity contribution in [1.29, 1.82) is 0 Å². The zero-order chi connectivity index (χ0) is 21.7. The minimum atomic E-state index is 0.899. The van der Waals surface area contributed by atoms with Gasteiger partial charge in [0.05, 0.1) is 0 Å². The molecule has 0 heterocycles. The molecule has 3 aliphatic carbocycles. The number of hydrogen-bond acceptors (Lipinski definition) is 0. The van der Waals surface area contributed by atoms with Gasteiger partial charge >= 0.3 is 0 Å². The maximum atomic E-state index is 3.88. The molecule has 0 saturated heterocycles. The molecule has 0 aliphatic heterocycles. The minimum absolute atomic E-state index is 0.899. The molecule has 3 saturated carbocycles. The Hall–Kier alpha value is -0.520. The Morgan fingerprint density at radius 1 is 0.613 bits per heavy atom. The first kappa shape index (κ1) is 25.1. The molecular formula is C31H54. The van der Waals surface area contributed by atoms with Gasteiger partial charge in [0.15, 0.2) is 0 Å². The average Bonchev–Trinajstić information content (AvgIpc) is 2.82. The second-order valence-corrected chi connectivity index (χ2v) is 11.7. The number of rotatable bonds is 12. The summed E-state index contributed by atoms with van der Waals surface area (Å²) < 4.78 is 0. The molecule has 0 radical (unpaired) electrons. The van der Waals surface area contributed by atoms with Gasteiger partial charge in [0, 0.05) is 0 Å². The summed E-state index contributed by atoms with van der Waals surface area (Å²) >= 11 is 0. The molecule has 0 N–H and O–H groups in total. The van der Waals surface area contributed by atoms with Gasteiger partial charge in [0.1, 0.15) is 0 Å². The fraction of sp³-hybridized carbons (Fsp3) is 0.871. The standard InChI is InChI=1S/C31H54/c1-3-5-7-11-28-18-22-30(23-19-28)31-24-20-29(21-25-31)13-9-8-12-27-16-14-26(15-17-27)10-6-4-2/h4,9,13,26-31H,2-3,5-8,10-12,14-25H2,1H3/t26-,27-,28-,29-,30-,31-. The molecule has 0 heteroatoms. The van der Waals surface area contributed by atoms with Crippen molar-refractivity contribution < 1.29 is 0 Å². The predicted molar refractivity (Wildman–Crippen MR) is 138 cm³/mol. The molecule has 0 amide bonds. The Bertz CT molecular complexity index is 478. The summed E-state index contributed by atoms with van der Waals surface area (Å²) in [5.74, 6) is 6.13. The van der Waals surface area contributed by atoms with Gasteiger partial charge in [0.2, 0.25) is 0 Å². The summed E-state index contributed by atoms with van der Waals surface area (Å²) in [5.41, 5.74) is 0. The van der Waals surface area contributed by atoms with Crippen LogP contribution in [0.1, 0.15) is 135 Å². The third-order valence-electron chi connectivity index (χ3n) is 9.49. The van der Waals surface area contributed by atoms with Crippen molar-refractivity contribution in [2.75, 3.05) is 0 Å². The summed E-state index contributed by atoms with van der Waals surface area (Å²) in [7, 11) is 0. The lowest BCUT2D eigenvalue weighted by molar-refractivity contribution is 0.151. The van der Waals surface area contributed by atoms with Gasteiger partial charge in [-0.25, -0.2) is 0 Å². The van der Waals surface area contributed by atoms with Crippen LogP contribution in [0.4, 0.5) is 0 Å². The van der Waals surface area contributed by atoms with Crippen LogP contribution < -0.4 is 0 Å². The molecule has 0 aromatic heterocycles. The van der Waals surface area contributed by atoms with Crippen LogP contribution in [-0.2, 0) is 0 Å². The Morgan fingerprint density at radius 2 is 1.13 bits per heavy atom. The van der Waals surface area contributed by atoms with Crippen LogP contribution in [0.3, 0.4) is 0 Å². The largest absolute Gasteiger partial charge is 0.103 e. The van der Waals surface area contributed by atoms with Crippen LogP contribution in [0.2, 0.25) is 0 Å². The van der Waals surface area contributed by atoms with E-state index >= 15 is 0 Å². The Labute approximate surface area is 195 Å². The van der Waals surface area contributed by atoms with Crippen molar-refractivity contribution in [2.24, 2.45) is 35.5 Å². The predicted octanol–water partition coefficient (Wildman–Crippen LogP) is 10.3. The molecule has 0 spiro atoms. The molecule has 3 fully saturated rings. The van der Waals surface area contributed by atoms with E-state index in [4.69, 9.17) is 0 Å². The summed E-state index contributed by atoms with van der Waals surface area (Å²) in [6.07, 6.45) is 36.7. The van der Waals surface area contributed by atoms with Crippen LogP contribution in [0.5, 0.6) is 0 Å². The van der Waals surface area contributed by atoms with Gasteiger partial charge in [-0.2, -0.15) is 0 Å². The molecule has 0 aromatic rings. The third-order valence-corrected chi connectivity index (χ3v) is 9.49. The first-order valence-corrected chi connectivity index (χ1v) is 14.6. The zero-order valence-corrected chi connectivity index (χ0v) is 21.0. The molecular weight excluding hydrogens is 372 g/mol. The summed E-state index contributed by atoms with van der Waals surface area (Å²) in [4.78, 5) is 0. The molecule has 3 aliphatic rings. The van der Waals surface area contributed by atoms with Crippen molar-refractivity contribution in [3.05, 3.63) is 24.8 Å². The highest BCUT2D eigenvalue weighted by molar-refractivity contribution is 4.93. The zero-order valence-electron chi connectivity index (χ0n) is 21.0. The fourth-order valence-corrected chi connectivity index (χ4v) is 7.22. The minimum Gasteiger partial charge on any atom is -0.103 e. The van der Waals surface area contributed by atoms with Gasteiger partial charge in [-0.05, 0) is 99.7 Å². The first-order chi connectivity index (χ1) is 15.3. The lowest BCUT2D eigenvalue weighted by Crippen LogP contribution is -2.25. The van der Waals surface area contributed by atoms with Crippen LogP contribution in [0, 0.1) is 35.5 Å². The fourth-order valence-electron chi connectivity index (χ4n) is 7.22. The van der Waals surface area contributed by atoms with Crippen molar-refractivity contribution >= 4 is 0 Å². The molecule has 0 aromatic carbocycles. The number of allylic oxidation sites excluding steroid dienone is 3. The topological polar surface area (TPSA) is 0 Å². The highest BCUT2D eigenvalue weighted by Crippen LogP contribution is 2.42. The van der Waals surface area contributed by atoms with Crippen molar-refractivity contribution in [3.8, 4) is 0 Å². The van der Waals surface area contributed by atoms with Crippen LogP contribution in [-0.4, -0.2) is 0 Å². The normalized spacial score (nSPS) is 34.7. The maximum Gasteiger partial charge on any atom is -0.0233 e. The number of hydrogen-bond donors (Lipinski definition) is 0.